The normalized spacial score (nSPS) is 22.5. The lowest BCUT2D eigenvalue weighted by Crippen LogP contribution is -2.17. The summed E-state index contributed by atoms with van der Waals surface area (Å²) in [5.74, 6) is 0.657. The Morgan fingerprint density at radius 1 is 1.47 bits per heavy atom. The van der Waals surface area contributed by atoms with Gasteiger partial charge in [0.15, 0.2) is 0 Å². The zero-order chi connectivity index (χ0) is 14.0. The predicted octanol–water partition coefficient (Wildman–Crippen LogP) is 3.89. The first-order chi connectivity index (χ1) is 8.99. The summed E-state index contributed by atoms with van der Waals surface area (Å²) in [6, 6.07) is 2.52. The summed E-state index contributed by atoms with van der Waals surface area (Å²) >= 11 is 0. The average molecular weight is 266 g/mol. The van der Waals surface area contributed by atoms with Gasteiger partial charge in [-0.3, -0.25) is 10.1 Å². The molecule has 19 heavy (non-hydrogen) atoms. The number of nitrogens with one attached hydrogen (secondary N) is 1. The molecule has 2 atom stereocenters. The van der Waals surface area contributed by atoms with E-state index in [1.165, 1.54) is 18.9 Å². The van der Waals surface area contributed by atoms with Crippen LogP contribution in [0.1, 0.15) is 31.7 Å². The Kier molecular flexibility index (Phi) is 4.02. The third-order valence-electron chi connectivity index (χ3n) is 4.07. The summed E-state index contributed by atoms with van der Waals surface area (Å²) in [5.41, 5.74) is 0.657. The summed E-state index contributed by atoms with van der Waals surface area (Å²) < 4.78 is 13.4. The van der Waals surface area contributed by atoms with Crippen molar-refractivity contribution in [3.8, 4) is 0 Å². The molecule has 1 aromatic carbocycles. The second kappa shape index (κ2) is 5.55. The molecule has 2 rings (SSSR count). The maximum Gasteiger partial charge on any atom is 0.295 e. The summed E-state index contributed by atoms with van der Waals surface area (Å²) in [6.07, 6.45) is 3.59. The van der Waals surface area contributed by atoms with Gasteiger partial charge in [-0.15, -0.1) is 0 Å². The molecule has 0 aliphatic heterocycles. The summed E-state index contributed by atoms with van der Waals surface area (Å²) in [5, 5.41) is 14.1. The zero-order valence-corrected chi connectivity index (χ0v) is 11.3. The quantitative estimate of drug-likeness (QED) is 0.664. The van der Waals surface area contributed by atoms with Crippen molar-refractivity contribution in [1.29, 1.82) is 0 Å². The molecule has 1 aliphatic carbocycles. The molecule has 0 spiro atoms. The number of benzene rings is 1. The molecular formula is C14H19FN2O2. The van der Waals surface area contributed by atoms with E-state index >= 15 is 0 Å². The largest absolute Gasteiger partial charge is 0.379 e. The van der Waals surface area contributed by atoms with Gasteiger partial charge >= 0.3 is 0 Å². The minimum Gasteiger partial charge on any atom is -0.379 e. The molecular weight excluding hydrogens is 247 g/mol. The predicted molar refractivity (Wildman–Crippen MR) is 72.8 cm³/mol. The van der Waals surface area contributed by atoms with Gasteiger partial charge < -0.3 is 5.32 Å². The van der Waals surface area contributed by atoms with Crippen molar-refractivity contribution in [3.05, 3.63) is 33.6 Å². The molecule has 0 radical (unpaired) electrons. The van der Waals surface area contributed by atoms with E-state index in [0.29, 0.717) is 29.6 Å². The number of rotatable bonds is 4. The van der Waals surface area contributed by atoms with Crippen LogP contribution in [0.2, 0.25) is 0 Å². The topological polar surface area (TPSA) is 55.2 Å². The molecule has 0 saturated heterocycles. The first kappa shape index (κ1) is 13.8. The standard InChI is InChI=1S/C14H19FN2O2/c1-9-4-3-5-11(9)8-16-13-6-10(2)12(15)7-14(13)17(18)19/h6-7,9,11,16H,3-5,8H2,1-2H3. The molecule has 5 heteroatoms. The van der Waals surface area contributed by atoms with Crippen LogP contribution in [0.4, 0.5) is 15.8 Å². The lowest BCUT2D eigenvalue weighted by atomic mass is 9.98. The number of hydrogen-bond acceptors (Lipinski definition) is 3. The molecule has 1 saturated carbocycles. The van der Waals surface area contributed by atoms with E-state index in [2.05, 4.69) is 12.2 Å². The lowest BCUT2D eigenvalue weighted by molar-refractivity contribution is -0.384. The first-order valence-corrected chi connectivity index (χ1v) is 6.67. The number of halogens is 1. The lowest BCUT2D eigenvalue weighted by Gasteiger charge is -2.17. The van der Waals surface area contributed by atoms with Gasteiger partial charge in [0.05, 0.1) is 11.0 Å². The van der Waals surface area contributed by atoms with Crippen LogP contribution >= 0.6 is 0 Å². The molecule has 1 fully saturated rings. The molecule has 2 unspecified atom stereocenters. The fourth-order valence-corrected chi connectivity index (χ4v) is 2.73. The van der Waals surface area contributed by atoms with Gasteiger partial charge in [-0.1, -0.05) is 19.8 Å². The monoisotopic (exact) mass is 266 g/mol. The number of nitro groups is 1. The van der Waals surface area contributed by atoms with Crippen molar-refractivity contribution in [2.24, 2.45) is 11.8 Å². The Bertz CT molecular complexity index is 491. The second-order valence-electron chi connectivity index (χ2n) is 5.42. The van der Waals surface area contributed by atoms with Gasteiger partial charge in [0.25, 0.3) is 5.69 Å². The maximum atomic E-state index is 13.4. The van der Waals surface area contributed by atoms with Crippen LogP contribution in [0.25, 0.3) is 0 Å². The smallest absolute Gasteiger partial charge is 0.295 e. The molecule has 0 aromatic heterocycles. The SMILES string of the molecule is Cc1cc(NCC2CCCC2C)c([N+](=O)[O-])cc1F. The minimum atomic E-state index is -0.539. The van der Waals surface area contributed by atoms with E-state index in [4.69, 9.17) is 0 Å². The highest BCUT2D eigenvalue weighted by Crippen LogP contribution is 2.33. The van der Waals surface area contributed by atoms with E-state index in [9.17, 15) is 14.5 Å². The summed E-state index contributed by atoms with van der Waals surface area (Å²) in [6.45, 7) is 4.54. The number of nitro benzene ring substituents is 1. The van der Waals surface area contributed by atoms with E-state index in [0.717, 1.165) is 12.5 Å². The Morgan fingerprint density at radius 3 is 2.79 bits per heavy atom. The fraction of sp³-hybridized carbons (Fsp3) is 0.571. The van der Waals surface area contributed by atoms with Gasteiger partial charge in [0, 0.05) is 6.54 Å². The van der Waals surface area contributed by atoms with Crippen molar-refractivity contribution in [2.75, 3.05) is 11.9 Å². The molecule has 1 N–H and O–H groups in total. The van der Waals surface area contributed by atoms with Gasteiger partial charge in [-0.2, -0.15) is 0 Å². The van der Waals surface area contributed by atoms with Gasteiger partial charge in [-0.05, 0) is 36.8 Å². The first-order valence-electron chi connectivity index (χ1n) is 6.67. The van der Waals surface area contributed by atoms with Crippen LogP contribution in [0.3, 0.4) is 0 Å². The van der Waals surface area contributed by atoms with E-state index in [1.807, 2.05) is 0 Å². The van der Waals surface area contributed by atoms with Crippen LogP contribution in [0.5, 0.6) is 0 Å². The van der Waals surface area contributed by atoms with E-state index < -0.39 is 10.7 Å². The molecule has 1 aliphatic rings. The molecule has 4 nitrogen and oxygen atoms in total. The summed E-state index contributed by atoms with van der Waals surface area (Å²) in [4.78, 5) is 10.4. The number of anilines is 1. The summed E-state index contributed by atoms with van der Waals surface area (Å²) in [7, 11) is 0. The zero-order valence-electron chi connectivity index (χ0n) is 11.3. The van der Waals surface area contributed by atoms with Crippen molar-refractivity contribution in [1.82, 2.24) is 0 Å². The van der Waals surface area contributed by atoms with E-state index in [1.54, 1.807) is 6.92 Å². The van der Waals surface area contributed by atoms with E-state index in [-0.39, 0.29) is 5.69 Å². The second-order valence-corrected chi connectivity index (χ2v) is 5.42. The van der Waals surface area contributed by atoms with Crippen molar-refractivity contribution < 1.29 is 9.31 Å². The molecule has 0 amide bonds. The highest BCUT2D eigenvalue weighted by molar-refractivity contribution is 5.63. The Balaban J connectivity index is 2.14. The molecule has 0 heterocycles. The molecule has 0 bridgehead atoms. The van der Waals surface area contributed by atoms with Crippen LogP contribution in [0, 0.1) is 34.7 Å². The van der Waals surface area contributed by atoms with Crippen molar-refractivity contribution in [2.45, 2.75) is 33.1 Å². The number of hydrogen-bond donors (Lipinski definition) is 1. The Hall–Kier alpha value is -1.65. The maximum absolute atomic E-state index is 13.4. The third kappa shape index (κ3) is 3.03. The van der Waals surface area contributed by atoms with Crippen LogP contribution in [-0.4, -0.2) is 11.5 Å². The fourth-order valence-electron chi connectivity index (χ4n) is 2.73. The van der Waals surface area contributed by atoms with Gasteiger partial charge in [0.1, 0.15) is 11.5 Å². The number of aryl methyl sites for hydroxylation is 1. The highest BCUT2D eigenvalue weighted by atomic mass is 19.1. The molecule has 1 aromatic rings. The number of nitrogens with zero attached hydrogens (tertiary/aromatic N) is 1. The van der Waals surface area contributed by atoms with Crippen molar-refractivity contribution in [3.63, 3.8) is 0 Å². The Morgan fingerprint density at radius 2 is 2.21 bits per heavy atom. The van der Waals surface area contributed by atoms with Crippen LogP contribution < -0.4 is 5.32 Å². The minimum absolute atomic E-state index is 0.186. The third-order valence-corrected chi connectivity index (χ3v) is 4.07. The highest BCUT2D eigenvalue weighted by Gasteiger charge is 2.24. The van der Waals surface area contributed by atoms with Crippen molar-refractivity contribution >= 4 is 11.4 Å². The Labute approximate surface area is 112 Å². The van der Waals surface area contributed by atoms with Gasteiger partial charge in [0.2, 0.25) is 0 Å². The van der Waals surface area contributed by atoms with Crippen LogP contribution in [0.15, 0.2) is 12.1 Å². The average Bonchev–Trinajstić information content (AvgIpc) is 2.75. The van der Waals surface area contributed by atoms with Crippen LogP contribution in [-0.2, 0) is 0 Å². The van der Waals surface area contributed by atoms with Gasteiger partial charge in [-0.25, -0.2) is 4.39 Å². The molecule has 104 valence electrons.